The number of carbonyl (C=O) groups excluding carboxylic acids is 1. The van der Waals surface area contributed by atoms with Crippen LogP contribution in [0, 0.1) is 6.92 Å². The molecule has 0 N–H and O–H groups in total. The molecule has 2 heteroatoms. The molecule has 0 bridgehead atoms. The quantitative estimate of drug-likeness (QED) is 0.656. The largest absolute Gasteiger partial charge is 0.374 e. The molecule has 2 nitrogen and oxygen atoms in total. The van der Waals surface area contributed by atoms with Crippen LogP contribution in [-0.4, -0.2) is 19.5 Å². The molecule has 1 aromatic carbocycles. The number of aldehydes is 1. The van der Waals surface area contributed by atoms with E-state index in [2.05, 4.69) is 0 Å². The molecule has 0 radical (unpaired) electrons. The predicted molar refractivity (Wildman–Crippen MR) is 51.7 cm³/mol. The zero-order chi connectivity index (χ0) is 9.68. The van der Waals surface area contributed by atoms with E-state index in [0.29, 0.717) is 6.42 Å². The normalized spacial score (nSPS) is 12.5. The van der Waals surface area contributed by atoms with Gasteiger partial charge < -0.3 is 9.53 Å². The number of benzene rings is 1. The van der Waals surface area contributed by atoms with E-state index in [4.69, 9.17) is 4.74 Å². The summed E-state index contributed by atoms with van der Waals surface area (Å²) in [6.45, 7) is 2.03. The molecule has 1 unspecified atom stereocenters. The summed E-state index contributed by atoms with van der Waals surface area (Å²) in [5, 5.41) is 0. The molecule has 0 aliphatic carbocycles. The summed E-state index contributed by atoms with van der Waals surface area (Å²) in [6.07, 6.45) is 1.18. The van der Waals surface area contributed by atoms with Crippen LogP contribution in [0.5, 0.6) is 0 Å². The first-order valence-electron chi connectivity index (χ1n) is 4.30. The zero-order valence-electron chi connectivity index (χ0n) is 7.99. The van der Waals surface area contributed by atoms with E-state index >= 15 is 0 Å². The summed E-state index contributed by atoms with van der Waals surface area (Å²) in [5.41, 5.74) is 2.37. The molecule has 0 heterocycles. The highest BCUT2D eigenvalue weighted by Crippen LogP contribution is 2.09. The van der Waals surface area contributed by atoms with Crippen LogP contribution in [0.25, 0.3) is 0 Å². The van der Waals surface area contributed by atoms with Crippen LogP contribution >= 0.6 is 0 Å². The average molecular weight is 178 g/mol. The Kier molecular flexibility index (Phi) is 3.65. The molecule has 1 atom stereocenters. The van der Waals surface area contributed by atoms with Crippen molar-refractivity contribution in [1.82, 2.24) is 0 Å². The summed E-state index contributed by atoms with van der Waals surface area (Å²) in [6, 6.07) is 8.01. The lowest BCUT2D eigenvalue weighted by Crippen LogP contribution is -2.15. The maximum absolute atomic E-state index is 10.5. The van der Waals surface area contributed by atoms with Gasteiger partial charge in [-0.25, -0.2) is 0 Å². The van der Waals surface area contributed by atoms with Crippen molar-refractivity contribution in [3.05, 3.63) is 35.4 Å². The highest BCUT2D eigenvalue weighted by molar-refractivity contribution is 5.57. The van der Waals surface area contributed by atoms with Crippen molar-refractivity contribution in [3.63, 3.8) is 0 Å². The Hall–Kier alpha value is -1.15. The van der Waals surface area contributed by atoms with Gasteiger partial charge in [0.2, 0.25) is 0 Å². The molecule has 0 spiro atoms. The van der Waals surface area contributed by atoms with Gasteiger partial charge in [0.25, 0.3) is 0 Å². The van der Waals surface area contributed by atoms with Gasteiger partial charge in [-0.2, -0.15) is 0 Å². The molecule has 0 aliphatic heterocycles. The van der Waals surface area contributed by atoms with E-state index in [9.17, 15) is 4.79 Å². The van der Waals surface area contributed by atoms with Gasteiger partial charge in [-0.3, -0.25) is 0 Å². The van der Waals surface area contributed by atoms with Gasteiger partial charge in [-0.15, -0.1) is 0 Å². The molecule has 0 saturated heterocycles. The van der Waals surface area contributed by atoms with Crippen molar-refractivity contribution in [2.45, 2.75) is 19.4 Å². The molecular weight excluding hydrogens is 164 g/mol. The third kappa shape index (κ3) is 2.67. The number of rotatable bonds is 4. The van der Waals surface area contributed by atoms with Gasteiger partial charge in [-0.1, -0.05) is 24.3 Å². The molecule has 0 aliphatic rings. The minimum atomic E-state index is -0.318. The topological polar surface area (TPSA) is 26.3 Å². The first-order valence-corrected chi connectivity index (χ1v) is 4.30. The van der Waals surface area contributed by atoms with Crippen molar-refractivity contribution in [2.24, 2.45) is 0 Å². The van der Waals surface area contributed by atoms with Crippen molar-refractivity contribution >= 4 is 6.29 Å². The Labute approximate surface area is 78.5 Å². The van der Waals surface area contributed by atoms with E-state index in [0.717, 1.165) is 6.29 Å². The molecule has 1 rings (SSSR count). The summed E-state index contributed by atoms with van der Waals surface area (Å²) >= 11 is 0. The Morgan fingerprint density at radius 2 is 2.15 bits per heavy atom. The molecule has 0 saturated carbocycles. The fraction of sp³-hybridized carbons (Fsp3) is 0.364. The van der Waals surface area contributed by atoms with Gasteiger partial charge in [0, 0.05) is 13.5 Å². The Morgan fingerprint density at radius 1 is 1.46 bits per heavy atom. The number of ether oxygens (including phenoxy) is 1. The maximum Gasteiger partial charge on any atom is 0.149 e. The molecule has 70 valence electrons. The lowest BCUT2D eigenvalue weighted by atomic mass is 10.0. The number of hydrogen-bond donors (Lipinski definition) is 0. The number of hydrogen-bond acceptors (Lipinski definition) is 2. The Morgan fingerprint density at radius 3 is 2.69 bits per heavy atom. The first kappa shape index (κ1) is 9.93. The van der Waals surface area contributed by atoms with E-state index < -0.39 is 0 Å². The third-order valence-electron chi connectivity index (χ3n) is 2.14. The van der Waals surface area contributed by atoms with Gasteiger partial charge in [0.15, 0.2) is 0 Å². The van der Waals surface area contributed by atoms with Gasteiger partial charge >= 0.3 is 0 Å². The fourth-order valence-electron chi connectivity index (χ4n) is 1.24. The van der Waals surface area contributed by atoms with Crippen molar-refractivity contribution in [3.8, 4) is 0 Å². The summed E-state index contributed by atoms with van der Waals surface area (Å²) in [7, 11) is 1.55. The first-order chi connectivity index (χ1) is 6.27. The molecule has 1 aromatic rings. The van der Waals surface area contributed by atoms with Crippen LogP contribution < -0.4 is 0 Å². The minimum absolute atomic E-state index is 0.318. The molecular formula is C11H14O2. The Balaban J connectivity index is 2.73. The predicted octanol–water partition coefficient (Wildman–Crippen LogP) is 1.75. The van der Waals surface area contributed by atoms with Gasteiger partial charge in [0.05, 0.1) is 0 Å². The SMILES string of the molecule is COC(C=O)Cc1ccccc1C. The molecule has 13 heavy (non-hydrogen) atoms. The fourth-order valence-corrected chi connectivity index (χ4v) is 1.24. The standard InChI is InChI=1S/C11H14O2/c1-9-5-3-4-6-10(9)7-11(8-12)13-2/h3-6,8,11H,7H2,1-2H3. The average Bonchev–Trinajstić information content (AvgIpc) is 2.17. The molecule has 0 aromatic heterocycles. The number of methoxy groups -OCH3 is 1. The number of carbonyl (C=O) groups is 1. The summed E-state index contributed by atoms with van der Waals surface area (Å²) < 4.78 is 4.99. The second kappa shape index (κ2) is 4.77. The van der Waals surface area contributed by atoms with Crippen molar-refractivity contribution in [2.75, 3.05) is 7.11 Å². The van der Waals surface area contributed by atoms with Crippen LogP contribution in [0.2, 0.25) is 0 Å². The van der Waals surface area contributed by atoms with E-state index in [-0.39, 0.29) is 6.10 Å². The van der Waals surface area contributed by atoms with Crippen LogP contribution in [-0.2, 0) is 16.0 Å². The number of aryl methyl sites for hydroxylation is 1. The van der Waals surface area contributed by atoms with Crippen molar-refractivity contribution < 1.29 is 9.53 Å². The third-order valence-corrected chi connectivity index (χ3v) is 2.14. The van der Waals surface area contributed by atoms with E-state index in [1.807, 2.05) is 31.2 Å². The van der Waals surface area contributed by atoms with Crippen LogP contribution in [0.15, 0.2) is 24.3 Å². The second-order valence-corrected chi connectivity index (χ2v) is 3.04. The smallest absolute Gasteiger partial charge is 0.149 e. The summed E-state index contributed by atoms with van der Waals surface area (Å²) in [4.78, 5) is 10.5. The highest BCUT2D eigenvalue weighted by atomic mass is 16.5. The van der Waals surface area contributed by atoms with Gasteiger partial charge in [-0.05, 0) is 18.1 Å². The zero-order valence-corrected chi connectivity index (χ0v) is 7.99. The molecule has 0 fully saturated rings. The van der Waals surface area contributed by atoms with E-state index in [1.165, 1.54) is 11.1 Å². The molecule has 0 amide bonds. The Bertz CT molecular complexity index is 281. The van der Waals surface area contributed by atoms with Crippen LogP contribution in [0.1, 0.15) is 11.1 Å². The highest BCUT2D eigenvalue weighted by Gasteiger charge is 2.07. The van der Waals surface area contributed by atoms with Crippen LogP contribution in [0.4, 0.5) is 0 Å². The van der Waals surface area contributed by atoms with Crippen molar-refractivity contribution in [1.29, 1.82) is 0 Å². The lowest BCUT2D eigenvalue weighted by Gasteiger charge is -2.09. The van der Waals surface area contributed by atoms with Crippen LogP contribution in [0.3, 0.4) is 0 Å². The second-order valence-electron chi connectivity index (χ2n) is 3.04. The monoisotopic (exact) mass is 178 g/mol. The maximum atomic E-state index is 10.5. The lowest BCUT2D eigenvalue weighted by molar-refractivity contribution is -0.116. The minimum Gasteiger partial charge on any atom is -0.374 e. The summed E-state index contributed by atoms with van der Waals surface area (Å²) in [5.74, 6) is 0. The van der Waals surface area contributed by atoms with Gasteiger partial charge in [0.1, 0.15) is 12.4 Å². The van der Waals surface area contributed by atoms with E-state index in [1.54, 1.807) is 7.11 Å².